The number of likely N-dealkylation sites (tertiary alicyclic amines) is 1. The summed E-state index contributed by atoms with van der Waals surface area (Å²) in [5.74, 6) is 1.78. The number of hydrogen-bond acceptors (Lipinski definition) is 4. The van der Waals surface area contributed by atoms with E-state index in [9.17, 15) is 0 Å². The van der Waals surface area contributed by atoms with E-state index in [-0.39, 0.29) is 24.0 Å². The Morgan fingerprint density at radius 2 is 1.76 bits per heavy atom. The third-order valence-electron chi connectivity index (χ3n) is 5.82. The summed E-state index contributed by atoms with van der Waals surface area (Å²) in [5.41, 5.74) is 2.55. The highest BCUT2D eigenvalue weighted by atomic mass is 127. The maximum atomic E-state index is 5.43. The number of benzene rings is 1. The van der Waals surface area contributed by atoms with Crippen LogP contribution < -0.4 is 15.5 Å². The quantitative estimate of drug-likeness (QED) is 0.253. The zero-order valence-corrected chi connectivity index (χ0v) is 20.4. The third kappa shape index (κ3) is 8.30. The molecule has 2 fully saturated rings. The maximum absolute atomic E-state index is 5.43. The highest BCUT2D eigenvalue weighted by molar-refractivity contribution is 14.0. The van der Waals surface area contributed by atoms with Gasteiger partial charge in [-0.05, 0) is 62.5 Å². The Morgan fingerprint density at radius 1 is 1.07 bits per heavy atom. The summed E-state index contributed by atoms with van der Waals surface area (Å²) in [6.45, 7) is 11.4. The fraction of sp³-hybridized carbons (Fsp3) is 0.682. The van der Waals surface area contributed by atoms with E-state index in [2.05, 4.69) is 56.6 Å². The Bertz CT molecular complexity index is 596. The zero-order valence-electron chi connectivity index (χ0n) is 18.0. The topological polar surface area (TPSA) is 52.1 Å². The molecule has 0 atom stereocenters. The number of hydrogen-bond donors (Lipinski definition) is 2. The molecule has 2 aliphatic rings. The Labute approximate surface area is 193 Å². The molecule has 1 aromatic carbocycles. The Morgan fingerprint density at radius 3 is 2.41 bits per heavy atom. The second kappa shape index (κ2) is 13.3. The minimum Gasteiger partial charge on any atom is -0.378 e. The first-order valence-electron chi connectivity index (χ1n) is 10.8. The number of aliphatic imine (C=N–C) groups is 1. The van der Waals surface area contributed by atoms with Gasteiger partial charge in [-0.3, -0.25) is 4.99 Å². The van der Waals surface area contributed by atoms with Gasteiger partial charge in [0.1, 0.15) is 0 Å². The predicted octanol–water partition coefficient (Wildman–Crippen LogP) is 2.93. The summed E-state index contributed by atoms with van der Waals surface area (Å²) in [4.78, 5) is 9.32. The van der Waals surface area contributed by atoms with E-state index in [1.165, 1.54) is 43.7 Å². The van der Waals surface area contributed by atoms with Crippen molar-refractivity contribution in [1.82, 2.24) is 15.5 Å². The molecular weight excluding hydrogens is 477 g/mol. The van der Waals surface area contributed by atoms with Gasteiger partial charge in [0, 0.05) is 38.9 Å². The Balaban J connectivity index is 0.00000300. The average molecular weight is 515 g/mol. The smallest absolute Gasteiger partial charge is 0.191 e. The van der Waals surface area contributed by atoms with Crippen LogP contribution in [0.3, 0.4) is 0 Å². The highest BCUT2D eigenvalue weighted by Gasteiger charge is 2.14. The molecule has 7 heteroatoms. The minimum absolute atomic E-state index is 0. The molecule has 2 heterocycles. The van der Waals surface area contributed by atoms with Gasteiger partial charge < -0.3 is 25.2 Å². The first kappa shape index (κ1) is 24.2. The number of anilines is 1. The number of nitrogens with zero attached hydrogens (tertiary/aromatic N) is 3. The van der Waals surface area contributed by atoms with Gasteiger partial charge in [-0.15, -0.1) is 24.0 Å². The van der Waals surface area contributed by atoms with Crippen LogP contribution in [0.2, 0.25) is 0 Å². The Hall–Kier alpha value is -1.06. The van der Waals surface area contributed by atoms with Gasteiger partial charge >= 0.3 is 0 Å². The summed E-state index contributed by atoms with van der Waals surface area (Å²) in [7, 11) is 1.84. The molecule has 164 valence electrons. The lowest BCUT2D eigenvalue weighted by Gasteiger charge is -2.30. The van der Waals surface area contributed by atoms with Crippen LogP contribution in [0.4, 0.5) is 5.69 Å². The third-order valence-corrected chi connectivity index (χ3v) is 5.82. The van der Waals surface area contributed by atoms with Crippen molar-refractivity contribution < 1.29 is 4.74 Å². The van der Waals surface area contributed by atoms with E-state index in [1.54, 1.807) is 0 Å². The predicted molar refractivity (Wildman–Crippen MR) is 133 cm³/mol. The minimum atomic E-state index is 0. The molecule has 0 radical (unpaired) electrons. The number of piperidine rings is 1. The molecule has 0 aliphatic carbocycles. The van der Waals surface area contributed by atoms with Crippen molar-refractivity contribution in [2.75, 3.05) is 64.4 Å². The standard InChI is InChI=1S/C22H37N5O.HI/c1-19-8-12-26(13-9-19)11-3-10-24-22(23-2)25-18-20-4-6-21(7-5-20)27-14-16-28-17-15-27;/h4-7,19H,3,8-18H2,1-2H3,(H2,23,24,25);1H. The monoisotopic (exact) mass is 515 g/mol. The molecular formula is C22H38IN5O. The van der Waals surface area contributed by atoms with Crippen LogP contribution in [0.25, 0.3) is 0 Å². The van der Waals surface area contributed by atoms with Crippen molar-refractivity contribution >= 4 is 35.6 Å². The molecule has 0 spiro atoms. The van der Waals surface area contributed by atoms with Gasteiger partial charge in [-0.2, -0.15) is 0 Å². The molecule has 0 amide bonds. The summed E-state index contributed by atoms with van der Waals surface area (Å²) >= 11 is 0. The lowest BCUT2D eigenvalue weighted by atomic mass is 9.99. The number of guanidine groups is 1. The number of morpholine rings is 1. The molecule has 0 aromatic heterocycles. The van der Waals surface area contributed by atoms with Gasteiger partial charge in [0.15, 0.2) is 5.96 Å². The van der Waals surface area contributed by atoms with Crippen LogP contribution in [0.1, 0.15) is 31.7 Å². The van der Waals surface area contributed by atoms with Crippen LogP contribution in [0, 0.1) is 5.92 Å². The van der Waals surface area contributed by atoms with Crippen molar-refractivity contribution in [2.45, 2.75) is 32.7 Å². The van der Waals surface area contributed by atoms with Gasteiger partial charge in [-0.1, -0.05) is 19.1 Å². The van der Waals surface area contributed by atoms with Crippen molar-refractivity contribution in [3.63, 3.8) is 0 Å². The fourth-order valence-electron chi connectivity index (χ4n) is 3.85. The van der Waals surface area contributed by atoms with E-state index in [4.69, 9.17) is 4.74 Å². The van der Waals surface area contributed by atoms with Crippen molar-refractivity contribution in [3.8, 4) is 0 Å². The molecule has 3 rings (SSSR count). The zero-order chi connectivity index (χ0) is 19.6. The van der Waals surface area contributed by atoms with Gasteiger partial charge in [0.05, 0.1) is 13.2 Å². The molecule has 29 heavy (non-hydrogen) atoms. The molecule has 1 aromatic rings. The van der Waals surface area contributed by atoms with Crippen molar-refractivity contribution in [2.24, 2.45) is 10.9 Å². The number of nitrogens with one attached hydrogen (secondary N) is 2. The molecule has 2 aliphatic heterocycles. The van der Waals surface area contributed by atoms with Crippen LogP contribution >= 0.6 is 24.0 Å². The largest absolute Gasteiger partial charge is 0.378 e. The van der Waals surface area contributed by atoms with Crippen LogP contribution in [-0.4, -0.2) is 70.4 Å². The van der Waals surface area contributed by atoms with Gasteiger partial charge in [0.25, 0.3) is 0 Å². The highest BCUT2D eigenvalue weighted by Crippen LogP contribution is 2.17. The maximum Gasteiger partial charge on any atom is 0.191 e. The van der Waals surface area contributed by atoms with E-state index >= 15 is 0 Å². The molecule has 0 unspecified atom stereocenters. The average Bonchev–Trinajstić information content (AvgIpc) is 2.75. The van der Waals surface area contributed by atoms with Crippen molar-refractivity contribution in [1.29, 1.82) is 0 Å². The fourth-order valence-corrected chi connectivity index (χ4v) is 3.85. The van der Waals surface area contributed by atoms with E-state index < -0.39 is 0 Å². The van der Waals surface area contributed by atoms with E-state index in [0.717, 1.165) is 57.7 Å². The molecule has 6 nitrogen and oxygen atoms in total. The molecule has 0 saturated carbocycles. The summed E-state index contributed by atoms with van der Waals surface area (Å²) in [6, 6.07) is 8.81. The van der Waals surface area contributed by atoms with E-state index in [0.29, 0.717) is 0 Å². The molecule has 2 N–H and O–H groups in total. The SMILES string of the molecule is CN=C(NCCCN1CCC(C)CC1)NCc1ccc(N2CCOCC2)cc1.I. The first-order chi connectivity index (χ1) is 13.7. The van der Waals surface area contributed by atoms with E-state index in [1.807, 2.05) is 7.05 Å². The first-order valence-corrected chi connectivity index (χ1v) is 10.8. The summed E-state index contributed by atoms with van der Waals surface area (Å²) in [5, 5.41) is 6.86. The second-order valence-corrected chi connectivity index (χ2v) is 8.00. The second-order valence-electron chi connectivity index (χ2n) is 8.00. The number of rotatable bonds is 7. The number of ether oxygens (including phenoxy) is 1. The normalized spacial score (nSPS) is 19.0. The lowest BCUT2D eigenvalue weighted by molar-refractivity contribution is 0.122. The summed E-state index contributed by atoms with van der Waals surface area (Å²) in [6.07, 6.45) is 3.85. The molecule has 0 bridgehead atoms. The number of halogens is 1. The summed E-state index contributed by atoms with van der Waals surface area (Å²) < 4.78 is 5.43. The lowest BCUT2D eigenvalue weighted by Crippen LogP contribution is -2.39. The Kier molecular flexibility index (Phi) is 11.1. The van der Waals surface area contributed by atoms with Gasteiger partial charge in [0.2, 0.25) is 0 Å². The van der Waals surface area contributed by atoms with Crippen molar-refractivity contribution in [3.05, 3.63) is 29.8 Å². The van der Waals surface area contributed by atoms with Crippen LogP contribution in [-0.2, 0) is 11.3 Å². The molecule has 2 saturated heterocycles. The van der Waals surface area contributed by atoms with Crippen LogP contribution in [0.15, 0.2) is 29.3 Å². The van der Waals surface area contributed by atoms with Gasteiger partial charge in [-0.25, -0.2) is 0 Å². The van der Waals surface area contributed by atoms with Crippen LogP contribution in [0.5, 0.6) is 0 Å².